The molecule has 1 fully saturated rings. The number of β-amino-alcohol motifs (C(OH)–C–C–N with tert-alkyl or cyclic N) is 1. The van der Waals surface area contributed by atoms with Crippen molar-refractivity contribution in [2.75, 3.05) is 39.3 Å². The zero-order valence-corrected chi connectivity index (χ0v) is 13.6. The molecule has 1 unspecified atom stereocenters. The number of hydrogen-bond acceptors (Lipinski definition) is 4. The maximum absolute atomic E-state index is 13.4. The number of rotatable bonds is 7. The average Bonchev–Trinajstić information content (AvgIpc) is 2.53. The van der Waals surface area contributed by atoms with Gasteiger partial charge in [-0.15, -0.1) is 0 Å². The topological polar surface area (TPSA) is 53.0 Å². The van der Waals surface area contributed by atoms with Crippen molar-refractivity contribution in [1.82, 2.24) is 9.80 Å². The number of carbonyl (C=O) groups is 1. The lowest BCUT2D eigenvalue weighted by Crippen LogP contribution is -2.50. The van der Waals surface area contributed by atoms with E-state index in [2.05, 4.69) is 4.90 Å². The lowest BCUT2D eigenvalue weighted by molar-refractivity contribution is -0.133. The number of aliphatic hydroxyl groups is 1. The van der Waals surface area contributed by atoms with Gasteiger partial charge in [0.2, 0.25) is 5.91 Å². The first-order valence-electron chi connectivity index (χ1n) is 8.12. The molecule has 2 rings (SSSR count). The quantitative estimate of drug-likeness (QED) is 0.773. The molecule has 1 saturated heterocycles. The summed E-state index contributed by atoms with van der Waals surface area (Å²) in [7, 11) is 0. The summed E-state index contributed by atoms with van der Waals surface area (Å²) in [5, 5.41) is 9.37. The third kappa shape index (κ3) is 5.80. The van der Waals surface area contributed by atoms with Crippen molar-refractivity contribution in [3.05, 3.63) is 30.1 Å². The highest BCUT2D eigenvalue weighted by molar-refractivity contribution is 5.76. The van der Waals surface area contributed by atoms with Crippen LogP contribution in [-0.2, 0) is 4.79 Å². The number of aliphatic hydroxyl groups excluding tert-OH is 1. The predicted octanol–water partition coefficient (Wildman–Crippen LogP) is 1.51. The van der Waals surface area contributed by atoms with Crippen LogP contribution in [0.5, 0.6) is 5.75 Å². The number of nitrogens with zero attached hydrogens (tertiary/aromatic N) is 2. The zero-order chi connectivity index (χ0) is 16.7. The number of amides is 1. The van der Waals surface area contributed by atoms with Crippen molar-refractivity contribution in [2.24, 2.45) is 0 Å². The average molecular weight is 324 g/mol. The third-order valence-corrected chi connectivity index (χ3v) is 3.88. The van der Waals surface area contributed by atoms with E-state index in [1.54, 1.807) is 25.1 Å². The predicted molar refractivity (Wildman–Crippen MR) is 85.8 cm³/mol. The molecule has 1 heterocycles. The van der Waals surface area contributed by atoms with Gasteiger partial charge in [0, 0.05) is 39.1 Å². The largest absolute Gasteiger partial charge is 0.491 e. The van der Waals surface area contributed by atoms with Crippen LogP contribution in [0.3, 0.4) is 0 Å². The van der Waals surface area contributed by atoms with Crippen LogP contribution in [-0.4, -0.2) is 66.2 Å². The highest BCUT2D eigenvalue weighted by Crippen LogP contribution is 2.15. The third-order valence-electron chi connectivity index (χ3n) is 3.88. The summed E-state index contributed by atoms with van der Waals surface area (Å²) in [6, 6.07) is 6.27. The van der Waals surface area contributed by atoms with E-state index in [4.69, 9.17) is 4.74 Å². The SMILES string of the molecule is CC(O)CN1CCN(C(=O)CCCOc2ccccc2F)CC1. The fourth-order valence-corrected chi connectivity index (χ4v) is 2.68. The van der Waals surface area contributed by atoms with E-state index < -0.39 is 0 Å². The molecule has 1 atom stereocenters. The second-order valence-corrected chi connectivity index (χ2v) is 5.91. The molecule has 1 aliphatic rings. The minimum absolute atomic E-state index is 0.110. The molecule has 23 heavy (non-hydrogen) atoms. The first kappa shape index (κ1) is 17.7. The summed E-state index contributed by atoms with van der Waals surface area (Å²) in [4.78, 5) is 16.1. The number of ether oxygens (including phenoxy) is 1. The number of hydrogen-bond donors (Lipinski definition) is 1. The van der Waals surface area contributed by atoms with Crippen LogP contribution in [0.1, 0.15) is 19.8 Å². The smallest absolute Gasteiger partial charge is 0.222 e. The van der Waals surface area contributed by atoms with Crippen LogP contribution in [0, 0.1) is 5.82 Å². The van der Waals surface area contributed by atoms with Gasteiger partial charge < -0.3 is 14.7 Å². The highest BCUT2D eigenvalue weighted by Gasteiger charge is 2.21. The normalized spacial score (nSPS) is 17.1. The van der Waals surface area contributed by atoms with Gasteiger partial charge in [0.1, 0.15) is 0 Å². The molecule has 0 aromatic heterocycles. The van der Waals surface area contributed by atoms with Crippen molar-refractivity contribution in [1.29, 1.82) is 0 Å². The number of para-hydroxylation sites is 1. The molecule has 0 saturated carbocycles. The van der Waals surface area contributed by atoms with Crippen molar-refractivity contribution >= 4 is 5.91 Å². The summed E-state index contributed by atoms with van der Waals surface area (Å²) in [5.41, 5.74) is 0. The van der Waals surface area contributed by atoms with Crippen molar-refractivity contribution < 1.29 is 19.0 Å². The van der Waals surface area contributed by atoms with Crippen LogP contribution in [0.2, 0.25) is 0 Å². The highest BCUT2D eigenvalue weighted by atomic mass is 19.1. The standard InChI is InChI=1S/C17H25FN2O3/c1-14(21)13-19-8-10-20(11-9-19)17(22)7-4-12-23-16-6-3-2-5-15(16)18/h2-3,5-6,14,21H,4,7-13H2,1H3. The summed E-state index contributed by atoms with van der Waals surface area (Å²) in [6.07, 6.45) is 0.638. The summed E-state index contributed by atoms with van der Waals surface area (Å²) in [6.45, 7) is 5.73. The van der Waals surface area contributed by atoms with Gasteiger partial charge in [0.25, 0.3) is 0 Å². The molecule has 1 aromatic rings. The second-order valence-electron chi connectivity index (χ2n) is 5.91. The molecule has 1 aliphatic heterocycles. The van der Waals surface area contributed by atoms with Crippen LogP contribution < -0.4 is 4.74 Å². The first-order valence-corrected chi connectivity index (χ1v) is 8.12. The van der Waals surface area contributed by atoms with Gasteiger partial charge in [-0.2, -0.15) is 0 Å². The molecular weight excluding hydrogens is 299 g/mol. The Bertz CT molecular complexity index is 502. The lowest BCUT2D eigenvalue weighted by Gasteiger charge is -2.35. The molecule has 0 bridgehead atoms. The summed E-state index contributed by atoms with van der Waals surface area (Å²) in [5.74, 6) is -0.0430. The van der Waals surface area contributed by atoms with E-state index in [9.17, 15) is 14.3 Å². The van der Waals surface area contributed by atoms with Gasteiger partial charge in [-0.1, -0.05) is 12.1 Å². The van der Waals surface area contributed by atoms with E-state index >= 15 is 0 Å². The fourth-order valence-electron chi connectivity index (χ4n) is 2.68. The maximum atomic E-state index is 13.4. The maximum Gasteiger partial charge on any atom is 0.222 e. The fraction of sp³-hybridized carbons (Fsp3) is 0.588. The van der Waals surface area contributed by atoms with E-state index in [1.807, 2.05) is 4.90 Å². The Kier molecular flexibility index (Phi) is 6.80. The van der Waals surface area contributed by atoms with Gasteiger partial charge in [-0.05, 0) is 25.5 Å². The molecule has 6 heteroatoms. The van der Waals surface area contributed by atoms with Crippen LogP contribution >= 0.6 is 0 Å². The molecule has 1 aromatic carbocycles. The molecule has 1 N–H and O–H groups in total. The van der Waals surface area contributed by atoms with Crippen LogP contribution in [0.15, 0.2) is 24.3 Å². The van der Waals surface area contributed by atoms with Gasteiger partial charge in [0.05, 0.1) is 12.7 Å². The Morgan fingerprint density at radius 3 is 2.65 bits per heavy atom. The summed E-state index contributed by atoms with van der Waals surface area (Å²) < 4.78 is 18.7. The van der Waals surface area contributed by atoms with Crippen molar-refractivity contribution in [3.63, 3.8) is 0 Å². The molecule has 5 nitrogen and oxygen atoms in total. The Hall–Kier alpha value is -1.66. The monoisotopic (exact) mass is 324 g/mol. The first-order chi connectivity index (χ1) is 11.1. The van der Waals surface area contributed by atoms with Gasteiger partial charge >= 0.3 is 0 Å². The number of piperazine rings is 1. The van der Waals surface area contributed by atoms with Crippen molar-refractivity contribution in [3.8, 4) is 5.75 Å². The Morgan fingerprint density at radius 1 is 1.30 bits per heavy atom. The summed E-state index contributed by atoms with van der Waals surface area (Å²) >= 11 is 0. The number of carbonyl (C=O) groups excluding carboxylic acids is 1. The lowest BCUT2D eigenvalue weighted by atomic mass is 10.2. The molecule has 0 radical (unpaired) electrons. The molecule has 128 valence electrons. The number of halogens is 1. The van der Waals surface area contributed by atoms with Gasteiger partial charge in [-0.3, -0.25) is 9.69 Å². The number of benzene rings is 1. The molecule has 1 amide bonds. The van der Waals surface area contributed by atoms with E-state index in [-0.39, 0.29) is 23.6 Å². The van der Waals surface area contributed by atoms with E-state index in [0.717, 1.165) is 13.1 Å². The Balaban J connectivity index is 1.63. The minimum atomic E-state index is -0.381. The zero-order valence-electron chi connectivity index (χ0n) is 13.6. The van der Waals surface area contributed by atoms with Crippen LogP contribution in [0.25, 0.3) is 0 Å². The van der Waals surface area contributed by atoms with Gasteiger partial charge in [0.15, 0.2) is 11.6 Å². The van der Waals surface area contributed by atoms with Gasteiger partial charge in [-0.25, -0.2) is 4.39 Å². The minimum Gasteiger partial charge on any atom is -0.491 e. The molecule has 0 spiro atoms. The molecular formula is C17H25FN2O3. The van der Waals surface area contributed by atoms with Crippen molar-refractivity contribution in [2.45, 2.75) is 25.9 Å². The van der Waals surface area contributed by atoms with E-state index in [0.29, 0.717) is 39.1 Å². The Morgan fingerprint density at radius 2 is 2.00 bits per heavy atom. The molecule has 0 aliphatic carbocycles. The van der Waals surface area contributed by atoms with E-state index in [1.165, 1.54) is 6.07 Å². The van der Waals surface area contributed by atoms with Crippen LogP contribution in [0.4, 0.5) is 4.39 Å². The Labute approximate surface area is 136 Å². The second kappa shape index (κ2) is 8.84.